The number of aryl methyl sites for hydroxylation is 3. The lowest BCUT2D eigenvalue weighted by atomic mass is 9.95. The van der Waals surface area contributed by atoms with Crippen molar-refractivity contribution in [2.75, 3.05) is 47.3 Å². The summed E-state index contributed by atoms with van der Waals surface area (Å²) in [7, 11) is -0.649. The minimum atomic E-state index is -3.76. The Hall–Kier alpha value is -4.22. The first kappa shape index (κ1) is 34.6. The predicted molar refractivity (Wildman–Crippen MR) is 175 cm³/mol. The van der Waals surface area contributed by atoms with Crippen molar-refractivity contribution in [2.24, 2.45) is 0 Å². The standard InChI is InChI=1S/C36H40O9S/c1-24-19-28(20-25(2)27(24)4)29-21-26(3)36(34(22-29)45-35(37)23-43-18-17-42-16-15-40-5)44-31-9-13-33(14-10-31)46(38,39)32-11-7-30(41-6)8-12-32/h7-14,19-22H,15-18,23H2,1-6H3. The SMILES string of the molecule is COCCOCCOCC(=O)Oc1cc(-c2cc(C)c(C)c(C)c2)cc(C)c1Oc1ccc(S(=O)(=O)c2ccc(OC)cc2)cc1. The van der Waals surface area contributed by atoms with Crippen molar-refractivity contribution >= 4 is 15.8 Å². The molecule has 0 aliphatic rings. The number of esters is 1. The van der Waals surface area contributed by atoms with Gasteiger partial charge in [-0.05, 0) is 122 Å². The van der Waals surface area contributed by atoms with Gasteiger partial charge in [0.2, 0.25) is 9.84 Å². The first-order valence-electron chi connectivity index (χ1n) is 14.8. The molecule has 0 heterocycles. The van der Waals surface area contributed by atoms with Crippen LogP contribution in [0.2, 0.25) is 0 Å². The normalized spacial score (nSPS) is 11.3. The van der Waals surface area contributed by atoms with E-state index >= 15 is 0 Å². The molecule has 0 saturated heterocycles. The molecular weight excluding hydrogens is 608 g/mol. The highest BCUT2D eigenvalue weighted by molar-refractivity contribution is 7.91. The van der Waals surface area contributed by atoms with Crippen LogP contribution < -0.4 is 14.2 Å². The van der Waals surface area contributed by atoms with Crippen molar-refractivity contribution < 1.29 is 41.6 Å². The summed E-state index contributed by atoms with van der Waals surface area (Å²) in [6, 6.07) is 20.2. The van der Waals surface area contributed by atoms with Gasteiger partial charge in [0.15, 0.2) is 11.5 Å². The minimum absolute atomic E-state index is 0.109. The van der Waals surface area contributed by atoms with Crippen LogP contribution in [0.1, 0.15) is 22.3 Å². The van der Waals surface area contributed by atoms with Gasteiger partial charge in [0.25, 0.3) is 0 Å². The van der Waals surface area contributed by atoms with Gasteiger partial charge in [0.05, 0.1) is 43.3 Å². The Morgan fingerprint density at radius 3 is 1.76 bits per heavy atom. The van der Waals surface area contributed by atoms with E-state index in [1.165, 1.54) is 36.9 Å². The van der Waals surface area contributed by atoms with Crippen molar-refractivity contribution in [3.05, 3.63) is 95.1 Å². The topological polar surface area (TPSA) is 107 Å². The van der Waals surface area contributed by atoms with E-state index in [9.17, 15) is 13.2 Å². The van der Waals surface area contributed by atoms with E-state index in [1.54, 1.807) is 37.4 Å². The molecule has 4 aromatic carbocycles. The lowest BCUT2D eigenvalue weighted by Gasteiger charge is -2.17. The Bertz CT molecular complexity index is 1720. The molecule has 4 rings (SSSR count). The van der Waals surface area contributed by atoms with Gasteiger partial charge in [-0.25, -0.2) is 13.2 Å². The van der Waals surface area contributed by atoms with Crippen LogP contribution >= 0.6 is 0 Å². The van der Waals surface area contributed by atoms with Crippen LogP contribution in [0.3, 0.4) is 0 Å². The molecule has 10 heteroatoms. The molecule has 0 aliphatic heterocycles. The summed E-state index contributed by atoms with van der Waals surface area (Å²) in [5.74, 6) is 0.868. The Morgan fingerprint density at radius 1 is 0.652 bits per heavy atom. The number of sulfone groups is 1. The summed E-state index contributed by atoms with van der Waals surface area (Å²) >= 11 is 0. The summed E-state index contributed by atoms with van der Waals surface area (Å²) in [5.41, 5.74) is 6.07. The van der Waals surface area contributed by atoms with E-state index < -0.39 is 15.8 Å². The Balaban J connectivity index is 1.58. The van der Waals surface area contributed by atoms with Gasteiger partial charge in [-0.1, -0.05) is 12.1 Å². The molecule has 0 saturated carbocycles. The fraction of sp³-hybridized carbons (Fsp3) is 0.306. The van der Waals surface area contributed by atoms with Gasteiger partial charge < -0.3 is 28.4 Å². The summed E-state index contributed by atoms with van der Waals surface area (Å²) < 4.78 is 59.3. The Kier molecular flexibility index (Phi) is 11.9. The molecule has 46 heavy (non-hydrogen) atoms. The van der Waals surface area contributed by atoms with E-state index in [4.69, 9.17) is 28.4 Å². The lowest BCUT2D eigenvalue weighted by Crippen LogP contribution is -2.18. The third kappa shape index (κ3) is 8.73. The smallest absolute Gasteiger partial charge is 0.337 e. The highest BCUT2D eigenvalue weighted by Gasteiger charge is 2.20. The van der Waals surface area contributed by atoms with E-state index in [0.29, 0.717) is 37.1 Å². The second-order valence-corrected chi connectivity index (χ2v) is 12.7. The highest BCUT2D eigenvalue weighted by Crippen LogP contribution is 2.40. The van der Waals surface area contributed by atoms with Crippen molar-refractivity contribution in [1.29, 1.82) is 0 Å². The molecule has 244 valence electrons. The number of benzene rings is 4. The van der Waals surface area contributed by atoms with E-state index in [2.05, 4.69) is 32.9 Å². The van der Waals surface area contributed by atoms with Gasteiger partial charge in [-0.3, -0.25) is 0 Å². The fourth-order valence-electron chi connectivity index (χ4n) is 4.68. The average molecular weight is 649 g/mol. The van der Waals surface area contributed by atoms with Crippen LogP contribution in [-0.2, 0) is 28.8 Å². The van der Waals surface area contributed by atoms with Crippen LogP contribution in [0.5, 0.6) is 23.0 Å². The number of carbonyl (C=O) groups excluding carboxylic acids is 1. The largest absolute Gasteiger partial charge is 0.497 e. The van der Waals surface area contributed by atoms with Gasteiger partial charge in [0, 0.05) is 7.11 Å². The summed E-state index contributed by atoms with van der Waals surface area (Å²) in [4.78, 5) is 13.1. The highest BCUT2D eigenvalue weighted by atomic mass is 32.2. The Labute approximate surface area is 270 Å². The maximum atomic E-state index is 13.2. The number of hydrogen-bond donors (Lipinski definition) is 0. The average Bonchev–Trinajstić information content (AvgIpc) is 3.04. The van der Waals surface area contributed by atoms with Crippen LogP contribution in [0, 0.1) is 27.7 Å². The maximum Gasteiger partial charge on any atom is 0.337 e. The van der Waals surface area contributed by atoms with Crippen molar-refractivity contribution in [2.45, 2.75) is 37.5 Å². The zero-order valence-corrected chi connectivity index (χ0v) is 27.9. The Morgan fingerprint density at radius 2 is 1.17 bits per heavy atom. The van der Waals surface area contributed by atoms with E-state index in [1.807, 2.05) is 13.0 Å². The number of ether oxygens (including phenoxy) is 6. The number of carbonyl (C=O) groups is 1. The summed E-state index contributed by atoms with van der Waals surface area (Å²) in [5, 5.41) is 0. The zero-order chi connectivity index (χ0) is 33.3. The monoisotopic (exact) mass is 648 g/mol. The van der Waals surface area contributed by atoms with Gasteiger partial charge in [-0.15, -0.1) is 0 Å². The summed E-state index contributed by atoms with van der Waals surface area (Å²) in [6.07, 6.45) is 0. The van der Waals surface area contributed by atoms with Gasteiger partial charge in [-0.2, -0.15) is 0 Å². The molecular formula is C36H40O9S. The third-order valence-corrected chi connectivity index (χ3v) is 9.26. The first-order valence-corrected chi connectivity index (χ1v) is 16.3. The number of rotatable bonds is 15. The predicted octanol–water partition coefficient (Wildman–Crippen LogP) is 6.81. The molecule has 0 spiro atoms. The molecule has 0 fully saturated rings. The van der Waals surface area contributed by atoms with Gasteiger partial charge in [0.1, 0.15) is 18.1 Å². The van der Waals surface area contributed by atoms with Crippen molar-refractivity contribution in [3.63, 3.8) is 0 Å². The van der Waals surface area contributed by atoms with Crippen LogP contribution in [0.15, 0.2) is 82.6 Å². The quantitative estimate of drug-likeness (QED) is 0.0781. The molecule has 0 radical (unpaired) electrons. The number of hydrogen-bond acceptors (Lipinski definition) is 9. The molecule has 0 bridgehead atoms. The van der Waals surface area contributed by atoms with Crippen molar-refractivity contribution in [1.82, 2.24) is 0 Å². The maximum absolute atomic E-state index is 13.2. The lowest BCUT2D eigenvalue weighted by molar-refractivity contribution is -0.140. The van der Waals surface area contributed by atoms with Crippen LogP contribution in [-0.4, -0.2) is 61.6 Å². The minimum Gasteiger partial charge on any atom is -0.497 e. The molecule has 9 nitrogen and oxygen atoms in total. The molecule has 0 aliphatic carbocycles. The van der Waals surface area contributed by atoms with E-state index in [-0.39, 0.29) is 28.8 Å². The van der Waals surface area contributed by atoms with Crippen LogP contribution in [0.25, 0.3) is 11.1 Å². The fourth-order valence-corrected chi connectivity index (χ4v) is 5.94. The molecule has 0 unspecified atom stereocenters. The molecule has 0 atom stereocenters. The second-order valence-electron chi connectivity index (χ2n) is 10.7. The van der Waals surface area contributed by atoms with E-state index in [0.717, 1.165) is 27.8 Å². The molecule has 4 aromatic rings. The molecule has 0 amide bonds. The van der Waals surface area contributed by atoms with Crippen LogP contribution in [0.4, 0.5) is 0 Å². The van der Waals surface area contributed by atoms with Gasteiger partial charge >= 0.3 is 5.97 Å². The third-order valence-electron chi connectivity index (χ3n) is 7.47. The molecule has 0 aromatic heterocycles. The first-order chi connectivity index (χ1) is 22.0. The molecule has 0 N–H and O–H groups in total. The van der Waals surface area contributed by atoms with Crippen molar-refractivity contribution in [3.8, 4) is 34.1 Å². The second kappa shape index (κ2) is 15.9. The number of methoxy groups -OCH3 is 2. The summed E-state index contributed by atoms with van der Waals surface area (Å²) in [6.45, 7) is 9.23. The zero-order valence-electron chi connectivity index (χ0n) is 27.0.